The lowest BCUT2D eigenvalue weighted by molar-refractivity contribution is -0.132. The lowest BCUT2D eigenvalue weighted by Crippen LogP contribution is -2.29. The highest BCUT2D eigenvalue weighted by Gasteiger charge is 2.49. The monoisotopic (exact) mass is 572 g/mol. The van der Waals surface area contributed by atoms with E-state index in [2.05, 4.69) is 11.6 Å². The zero-order chi connectivity index (χ0) is 27.6. The molecule has 0 saturated carbocycles. The molecule has 0 aliphatic carbocycles. The molecule has 2 heterocycles. The Hall–Kier alpha value is -3.66. The van der Waals surface area contributed by atoms with E-state index in [1.807, 2.05) is 0 Å². The predicted molar refractivity (Wildman–Crippen MR) is 146 cm³/mol. The zero-order valence-corrected chi connectivity index (χ0v) is 22.7. The van der Waals surface area contributed by atoms with Gasteiger partial charge >= 0.3 is 11.9 Å². The molecule has 4 rings (SSSR count). The second-order valence-electron chi connectivity index (χ2n) is 8.09. The molecule has 1 aliphatic heterocycles. The average molecular weight is 573 g/mol. The van der Waals surface area contributed by atoms with Crippen LogP contribution >= 0.6 is 34.5 Å². The van der Waals surface area contributed by atoms with Crippen molar-refractivity contribution in [3.63, 3.8) is 0 Å². The van der Waals surface area contributed by atoms with E-state index in [1.54, 1.807) is 56.3 Å². The highest BCUT2D eigenvalue weighted by molar-refractivity contribution is 7.17. The van der Waals surface area contributed by atoms with Gasteiger partial charge in [0.2, 0.25) is 0 Å². The van der Waals surface area contributed by atoms with Crippen molar-refractivity contribution in [2.24, 2.45) is 0 Å². The van der Waals surface area contributed by atoms with Crippen molar-refractivity contribution in [3.8, 4) is 5.75 Å². The van der Waals surface area contributed by atoms with E-state index in [1.165, 1.54) is 6.07 Å². The zero-order valence-electron chi connectivity index (χ0n) is 20.4. The molecule has 1 aromatic heterocycles. The number of anilines is 1. The second kappa shape index (κ2) is 11.4. The van der Waals surface area contributed by atoms with Gasteiger partial charge in [-0.2, -0.15) is 0 Å². The summed E-state index contributed by atoms with van der Waals surface area (Å²) in [6.45, 7) is 7.34. The van der Waals surface area contributed by atoms with Crippen molar-refractivity contribution < 1.29 is 29.0 Å². The standard InChI is InChI=1S/C27H22Cl2N2O6S/c1-4-12-37-17-9-6-15(7-10-17)22(32)20-21(18-11-8-16(28)13-19(18)29)31(25(34)23(20)33)27-30-14(3)24(38-27)26(35)36-5-2/h4,6-11,13,21,32H,1,5,12H2,2-3H3/b22-20+. The van der Waals surface area contributed by atoms with Gasteiger partial charge in [-0.1, -0.05) is 53.3 Å². The number of rotatable bonds is 8. The van der Waals surface area contributed by atoms with Gasteiger partial charge < -0.3 is 14.6 Å². The topological polar surface area (TPSA) is 106 Å². The fourth-order valence-corrected chi connectivity index (χ4v) is 5.44. The number of nitrogens with zero attached hydrogens (tertiary/aromatic N) is 2. The largest absolute Gasteiger partial charge is 0.507 e. The number of aromatic nitrogens is 1. The first kappa shape index (κ1) is 27.4. The Kier molecular flexibility index (Phi) is 8.20. The molecule has 2 aromatic carbocycles. The minimum atomic E-state index is -1.14. The molecule has 1 atom stereocenters. The van der Waals surface area contributed by atoms with Crippen LogP contribution in [0, 0.1) is 6.92 Å². The van der Waals surface area contributed by atoms with Crippen LogP contribution in [0.5, 0.6) is 5.75 Å². The van der Waals surface area contributed by atoms with Gasteiger partial charge in [-0.15, -0.1) is 0 Å². The maximum absolute atomic E-state index is 13.4. The number of aryl methyl sites for hydroxylation is 1. The summed E-state index contributed by atoms with van der Waals surface area (Å²) >= 11 is 13.5. The molecular weight excluding hydrogens is 551 g/mol. The van der Waals surface area contributed by atoms with Crippen LogP contribution < -0.4 is 9.64 Å². The van der Waals surface area contributed by atoms with Crippen LogP contribution in [0.25, 0.3) is 5.76 Å². The first-order chi connectivity index (χ1) is 18.2. The number of halogens is 2. The minimum absolute atomic E-state index is 0.0795. The lowest BCUT2D eigenvalue weighted by Gasteiger charge is -2.24. The number of ketones is 1. The van der Waals surface area contributed by atoms with Crippen LogP contribution in [0.3, 0.4) is 0 Å². The van der Waals surface area contributed by atoms with Gasteiger partial charge in [0.25, 0.3) is 5.78 Å². The normalized spacial score (nSPS) is 16.5. The number of amides is 1. The molecule has 1 unspecified atom stereocenters. The Labute approximate surface area is 232 Å². The molecule has 8 nitrogen and oxygen atoms in total. The van der Waals surface area contributed by atoms with E-state index in [0.29, 0.717) is 28.6 Å². The van der Waals surface area contributed by atoms with Crippen molar-refractivity contribution in [1.82, 2.24) is 4.98 Å². The van der Waals surface area contributed by atoms with E-state index in [4.69, 9.17) is 32.7 Å². The first-order valence-corrected chi connectivity index (χ1v) is 13.0. The van der Waals surface area contributed by atoms with Gasteiger partial charge in [0, 0.05) is 15.6 Å². The van der Waals surface area contributed by atoms with Gasteiger partial charge in [-0.05, 0) is 55.8 Å². The van der Waals surface area contributed by atoms with Gasteiger partial charge in [0.15, 0.2) is 5.13 Å². The van der Waals surface area contributed by atoms with Gasteiger partial charge in [-0.25, -0.2) is 9.78 Å². The first-order valence-electron chi connectivity index (χ1n) is 11.4. The quantitative estimate of drug-likeness (QED) is 0.114. The average Bonchev–Trinajstić information content (AvgIpc) is 3.39. The van der Waals surface area contributed by atoms with Crippen molar-refractivity contribution in [2.75, 3.05) is 18.1 Å². The van der Waals surface area contributed by atoms with Crippen molar-refractivity contribution in [2.45, 2.75) is 19.9 Å². The fraction of sp³-hybridized carbons (Fsp3) is 0.185. The molecule has 11 heteroatoms. The molecule has 0 radical (unpaired) electrons. The summed E-state index contributed by atoms with van der Waals surface area (Å²) in [5.74, 6) is -2.33. The third-order valence-corrected chi connectivity index (χ3v) is 7.35. The summed E-state index contributed by atoms with van der Waals surface area (Å²) in [5.41, 5.74) is 0.769. The highest BCUT2D eigenvalue weighted by atomic mass is 35.5. The minimum Gasteiger partial charge on any atom is -0.507 e. The third kappa shape index (κ3) is 5.18. The van der Waals surface area contributed by atoms with Gasteiger partial charge in [0.1, 0.15) is 23.0 Å². The molecule has 3 aromatic rings. The number of aliphatic hydroxyl groups excluding tert-OH is 1. The van der Waals surface area contributed by atoms with E-state index >= 15 is 0 Å². The molecular formula is C27H22Cl2N2O6S. The van der Waals surface area contributed by atoms with Crippen LogP contribution in [0.15, 0.2) is 60.7 Å². The molecule has 1 amide bonds. The van der Waals surface area contributed by atoms with Crippen LogP contribution in [0.2, 0.25) is 10.0 Å². The molecule has 0 bridgehead atoms. The number of hydrogen-bond acceptors (Lipinski definition) is 8. The van der Waals surface area contributed by atoms with E-state index < -0.39 is 29.5 Å². The summed E-state index contributed by atoms with van der Waals surface area (Å²) in [5, 5.41) is 11.9. The van der Waals surface area contributed by atoms with Crippen LogP contribution in [0.4, 0.5) is 5.13 Å². The number of hydrogen-bond donors (Lipinski definition) is 1. The Morgan fingerprint density at radius 2 is 1.92 bits per heavy atom. The van der Waals surface area contributed by atoms with Crippen LogP contribution in [-0.2, 0) is 14.3 Å². The fourth-order valence-electron chi connectivity index (χ4n) is 3.94. The number of thiazole rings is 1. The van der Waals surface area contributed by atoms with Crippen LogP contribution in [-0.4, -0.2) is 41.0 Å². The number of benzene rings is 2. The van der Waals surface area contributed by atoms with Crippen molar-refractivity contribution >= 4 is 63.1 Å². The number of Topliss-reactive ketones (excluding diaryl/α,β-unsaturated/α-hetero) is 1. The summed E-state index contributed by atoms with van der Waals surface area (Å²) in [6.07, 6.45) is 1.60. The maximum Gasteiger partial charge on any atom is 0.350 e. The summed E-state index contributed by atoms with van der Waals surface area (Å²) < 4.78 is 10.6. The molecule has 1 N–H and O–H groups in total. The number of aliphatic hydroxyl groups is 1. The van der Waals surface area contributed by atoms with Crippen molar-refractivity contribution in [1.29, 1.82) is 0 Å². The molecule has 196 valence electrons. The smallest absolute Gasteiger partial charge is 0.350 e. The number of carbonyl (C=O) groups is 3. The Morgan fingerprint density at radius 3 is 2.55 bits per heavy atom. The Bertz CT molecular complexity index is 1460. The van der Waals surface area contributed by atoms with E-state index in [0.717, 1.165) is 16.2 Å². The Morgan fingerprint density at radius 1 is 1.21 bits per heavy atom. The van der Waals surface area contributed by atoms with E-state index in [9.17, 15) is 19.5 Å². The number of esters is 1. The predicted octanol–water partition coefficient (Wildman–Crippen LogP) is 6.13. The van der Waals surface area contributed by atoms with Gasteiger partial charge in [-0.3, -0.25) is 14.5 Å². The van der Waals surface area contributed by atoms with Crippen molar-refractivity contribution in [3.05, 3.63) is 92.4 Å². The number of carbonyl (C=O) groups excluding carboxylic acids is 3. The summed E-state index contributed by atoms with van der Waals surface area (Å²) in [6, 6.07) is 9.83. The second-order valence-corrected chi connectivity index (χ2v) is 9.91. The Balaban J connectivity index is 1.88. The summed E-state index contributed by atoms with van der Waals surface area (Å²) in [4.78, 5) is 44.9. The molecule has 1 aliphatic rings. The maximum atomic E-state index is 13.4. The molecule has 0 spiro atoms. The molecule has 1 saturated heterocycles. The SMILES string of the molecule is C=CCOc1ccc(/C(O)=C2\C(=O)C(=O)N(c3nc(C)c(C(=O)OCC)s3)C2c2ccc(Cl)cc2Cl)cc1. The molecule has 1 fully saturated rings. The van der Waals surface area contributed by atoms with Gasteiger partial charge in [0.05, 0.1) is 23.9 Å². The van der Waals surface area contributed by atoms with E-state index in [-0.39, 0.29) is 32.8 Å². The lowest BCUT2D eigenvalue weighted by atomic mass is 9.95. The summed E-state index contributed by atoms with van der Waals surface area (Å²) in [7, 11) is 0. The third-order valence-electron chi connectivity index (χ3n) is 5.65. The van der Waals surface area contributed by atoms with Crippen LogP contribution in [0.1, 0.15) is 39.5 Å². The highest BCUT2D eigenvalue weighted by Crippen LogP contribution is 2.46. The number of ether oxygens (including phenoxy) is 2. The molecule has 38 heavy (non-hydrogen) atoms.